The minimum absolute atomic E-state index is 0.0347. The Morgan fingerprint density at radius 2 is 1.89 bits per heavy atom. The smallest absolute Gasteiger partial charge is 0.132 e. The van der Waals surface area contributed by atoms with Crippen molar-refractivity contribution in [1.29, 1.82) is 0 Å². The number of hydrogen-bond donors (Lipinski definition) is 3. The number of aliphatic hydroxyl groups is 3. The molecule has 0 aromatic carbocycles. The summed E-state index contributed by atoms with van der Waals surface area (Å²) in [6, 6.07) is 0.179. The Labute approximate surface area is 169 Å². The van der Waals surface area contributed by atoms with Crippen LogP contribution in [0.3, 0.4) is 0 Å². The quantitative estimate of drug-likeness (QED) is 0.530. The molecule has 0 saturated heterocycles. The molecular formula is C24H35NO3. The molecule has 2 aliphatic carbocycles. The summed E-state index contributed by atoms with van der Waals surface area (Å²) >= 11 is 0. The van der Waals surface area contributed by atoms with E-state index in [-0.39, 0.29) is 24.3 Å². The van der Waals surface area contributed by atoms with Crippen LogP contribution in [-0.4, -0.2) is 33.7 Å². The molecule has 0 aromatic heterocycles. The number of aliphatic imine (C=N–C) groups is 1. The van der Waals surface area contributed by atoms with Crippen LogP contribution in [0, 0.1) is 11.8 Å². The highest BCUT2D eigenvalue weighted by atomic mass is 16.3. The van der Waals surface area contributed by atoms with Gasteiger partial charge in [0, 0.05) is 11.8 Å². The molecule has 0 spiro atoms. The minimum atomic E-state index is -0.138. The molecule has 2 unspecified atom stereocenters. The average molecular weight is 386 g/mol. The van der Waals surface area contributed by atoms with Crippen LogP contribution in [0.5, 0.6) is 0 Å². The van der Waals surface area contributed by atoms with Gasteiger partial charge in [0.25, 0.3) is 0 Å². The van der Waals surface area contributed by atoms with Crippen LogP contribution in [-0.2, 0) is 0 Å². The maximum Gasteiger partial charge on any atom is 0.132 e. The molecule has 0 radical (unpaired) electrons. The summed E-state index contributed by atoms with van der Waals surface area (Å²) in [5.74, 6) is 1.05. The lowest BCUT2D eigenvalue weighted by atomic mass is 9.77. The van der Waals surface area contributed by atoms with E-state index in [1.165, 1.54) is 47.6 Å². The van der Waals surface area contributed by atoms with Crippen molar-refractivity contribution in [2.24, 2.45) is 16.8 Å². The molecular weight excluding hydrogens is 350 g/mol. The fourth-order valence-corrected chi connectivity index (χ4v) is 5.01. The van der Waals surface area contributed by atoms with Crippen LogP contribution >= 0.6 is 0 Å². The monoisotopic (exact) mass is 385 g/mol. The van der Waals surface area contributed by atoms with Crippen molar-refractivity contribution in [1.82, 2.24) is 0 Å². The molecule has 3 rings (SSSR count). The summed E-state index contributed by atoms with van der Waals surface area (Å²) in [4.78, 5) is 5.01. The first-order chi connectivity index (χ1) is 13.4. The van der Waals surface area contributed by atoms with Crippen LogP contribution in [0.2, 0.25) is 0 Å². The Bertz CT molecular complexity index is 748. The highest BCUT2D eigenvalue weighted by molar-refractivity contribution is 6.00. The van der Waals surface area contributed by atoms with Gasteiger partial charge in [0.1, 0.15) is 5.76 Å². The van der Waals surface area contributed by atoms with Crippen molar-refractivity contribution in [2.75, 3.05) is 6.61 Å². The lowest BCUT2D eigenvalue weighted by molar-refractivity contribution is 0.309. The van der Waals surface area contributed by atoms with Crippen molar-refractivity contribution >= 4 is 5.71 Å². The first-order valence-electron chi connectivity index (χ1n) is 10.8. The van der Waals surface area contributed by atoms with Gasteiger partial charge in [0.2, 0.25) is 0 Å². The van der Waals surface area contributed by atoms with E-state index >= 15 is 0 Å². The Hall–Kier alpha value is -1.81. The number of rotatable bonds is 5. The van der Waals surface area contributed by atoms with Crippen molar-refractivity contribution in [2.45, 2.75) is 78.2 Å². The summed E-state index contributed by atoms with van der Waals surface area (Å²) in [7, 11) is 0. The SMILES string of the molecule is CC1=C(CC2CC=C(O)C(C3CCCCC3)=N2)C(C)=C(C)C(/C(O)=C/CO)C1. The van der Waals surface area contributed by atoms with Crippen molar-refractivity contribution in [3.8, 4) is 0 Å². The predicted molar refractivity (Wildman–Crippen MR) is 115 cm³/mol. The topological polar surface area (TPSA) is 73.1 Å². The first-order valence-corrected chi connectivity index (χ1v) is 10.8. The van der Waals surface area contributed by atoms with E-state index in [0.717, 1.165) is 37.8 Å². The van der Waals surface area contributed by atoms with E-state index in [0.29, 0.717) is 11.7 Å². The van der Waals surface area contributed by atoms with Gasteiger partial charge in [0.05, 0.1) is 24.1 Å². The molecule has 1 fully saturated rings. The van der Waals surface area contributed by atoms with E-state index in [4.69, 9.17) is 10.1 Å². The summed E-state index contributed by atoms with van der Waals surface area (Å²) in [5.41, 5.74) is 5.98. The van der Waals surface area contributed by atoms with Gasteiger partial charge in [-0.2, -0.15) is 0 Å². The summed E-state index contributed by atoms with van der Waals surface area (Å²) in [6.45, 7) is 6.22. The summed E-state index contributed by atoms with van der Waals surface area (Å²) < 4.78 is 0. The predicted octanol–water partition coefficient (Wildman–Crippen LogP) is 5.72. The fourth-order valence-electron chi connectivity index (χ4n) is 5.01. The lowest BCUT2D eigenvalue weighted by Gasteiger charge is -2.31. The molecule has 1 heterocycles. The van der Waals surface area contributed by atoms with Gasteiger partial charge in [-0.1, -0.05) is 30.4 Å². The normalized spacial score (nSPS) is 27.8. The lowest BCUT2D eigenvalue weighted by Crippen LogP contribution is -2.26. The van der Waals surface area contributed by atoms with E-state index < -0.39 is 0 Å². The molecule has 0 aromatic rings. The molecule has 28 heavy (non-hydrogen) atoms. The second kappa shape index (κ2) is 9.13. The Morgan fingerprint density at radius 1 is 1.18 bits per heavy atom. The zero-order valence-electron chi connectivity index (χ0n) is 17.5. The van der Waals surface area contributed by atoms with E-state index in [1.54, 1.807) is 0 Å². The number of hydrogen-bond acceptors (Lipinski definition) is 4. The Kier molecular flexibility index (Phi) is 6.82. The third-order valence-corrected chi connectivity index (χ3v) is 6.85. The van der Waals surface area contributed by atoms with E-state index in [1.807, 2.05) is 6.08 Å². The molecule has 2 atom stereocenters. The van der Waals surface area contributed by atoms with E-state index in [2.05, 4.69) is 20.8 Å². The maximum atomic E-state index is 10.4. The van der Waals surface area contributed by atoms with Crippen LogP contribution in [0.15, 0.2) is 51.0 Å². The van der Waals surface area contributed by atoms with Gasteiger partial charge >= 0.3 is 0 Å². The number of nitrogens with zero attached hydrogens (tertiary/aromatic N) is 1. The van der Waals surface area contributed by atoms with Crippen LogP contribution in [0.1, 0.15) is 72.1 Å². The molecule has 0 bridgehead atoms. The molecule has 3 N–H and O–H groups in total. The van der Waals surface area contributed by atoms with Crippen molar-refractivity contribution in [3.05, 3.63) is 46.0 Å². The van der Waals surface area contributed by atoms with Gasteiger partial charge in [-0.05, 0) is 76.2 Å². The highest BCUT2D eigenvalue weighted by Crippen LogP contribution is 2.40. The molecule has 4 heteroatoms. The van der Waals surface area contributed by atoms with Crippen LogP contribution < -0.4 is 0 Å². The second-order valence-corrected chi connectivity index (χ2v) is 8.67. The summed E-state index contributed by atoms with van der Waals surface area (Å²) in [6.07, 6.45) is 12.0. The van der Waals surface area contributed by atoms with Crippen LogP contribution in [0.4, 0.5) is 0 Å². The molecule has 1 aliphatic heterocycles. The van der Waals surface area contributed by atoms with Gasteiger partial charge in [-0.25, -0.2) is 0 Å². The zero-order valence-corrected chi connectivity index (χ0v) is 17.5. The molecule has 0 amide bonds. The minimum Gasteiger partial charge on any atom is -0.512 e. The summed E-state index contributed by atoms with van der Waals surface area (Å²) in [5, 5.41) is 29.8. The highest BCUT2D eigenvalue weighted by Gasteiger charge is 2.29. The number of aliphatic hydroxyl groups excluding tert-OH is 3. The van der Waals surface area contributed by atoms with Gasteiger partial charge in [0.15, 0.2) is 0 Å². The largest absolute Gasteiger partial charge is 0.512 e. The van der Waals surface area contributed by atoms with Gasteiger partial charge < -0.3 is 15.3 Å². The van der Waals surface area contributed by atoms with Crippen molar-refractivity contribution in [3.63, 3.8) is 0 Å². The molecule has 3 aliphatic rings. The molecule has 154 valence electrons. The first kappa shape index (κ1) is 20.9. The third-order valence-electron chi connectivity index (χ3n) is 6.85. The molecule has 1 saturated carbocycles. The zero-order chi connectivity index (χ0) is 20.3. The van der Waals surface area contributed by atoms with Crippen molar-refractivity contribution < 1.29 is 15.3 Å². The molecule has 4 nitrogen and oxygen atoms in total. The standard InChI is InChI=1S/C24H35NO3/c1-15-13-21(22(27)11-12-26)17(3)16(2)20(15)14-19-9-10-23(28)24(25-19)18-7-5-4-6-8-18/h10-11,18-19,21,26-28H,4-9,12-14H2,1-3H3/b22-11-. The Morgan fingerprint density at radius 3 is 2.57 bits per heavy atom. The Balaban J connectivity index is 1.78. The van der Waals surface area contributed by atoms with Crippen LogP contribution in [0.25, 0.3) is 0 Å². The maximum absolute atomic E-state index is 10.4. The second-order valence-electron chi connectivity index (χ2n) is 8.67. The number of allylic oxidation sites excluding steroid dienone is 4. The fraction of sp³-hybridized carbons (Fsp3) is 0.625. The van der Waals surface area contributed by atoms with Gasteiger partial charge in [-0.3, -0.25) is 4.99 Å². The number of dihydropyridines is 1. The third kappa shape index (κ3) is 4.43. The average Bonchev–Trinajstić information content (AvgIpc) is 2.70. The van der Waals surface area contributed by atoms with Gasteiger partial charge in [-0.15, -0.1) is 0 Å². The van der Waals surface area contributed by atoms with E-state index in [9.17, 15) is 10.2 Å².